The van der Waals surface area contributed by atoms with Gasteiger partial charge in [-0.05, 0) is 15.9 Å². The number of ether oxygens (including phenoxy) is 1. The Morgan fingerprint density at radius 1 is 1.56 bits per heavy atom. The minimum absolute atomic E-state index is 0.214. The molecule has 0 saturated carbocycles. The van der Waals surface area contributed by atoms with Crippen LogP contribution in [0.3, 0.4) is 0 Å². The van der Waals surface area contributed by atoms with E-state index in [9.17, 15) is 0 Å². The fourth-order valence-corrected chi connectivity index (χ4v) is 2.56. The van der Waals surface area contributed by atoms with Crippen molar-refractivity contribution in [1.82, 2.24) is 9.55 Å². The minimum Gasteiger partial charge on any atom is -0.457 e. The highest BCUT2D eigenvalue weighted by atomic mass is 79.9. The van der Waals surface area contributed by atoms with Crippen LogP contribution in [0, 0.1) is 0 Å². The van der Waals surface area contributed by atoms with E-state index in [0.717, 1.165) is 15.9 Å². The lowest BCUT2D eigenvalue weighted by Gasteiger charge is -2.22. The molecule has 5 heteroatoms. The van der Waals surface area contributed by atoms with Gasteiger partial charge in [0.1, 0.15) is 0 Å². The van der Waals surface area contributed by atoms with Crippen LogP contribution in [0.5, 0.6) is 0 Å². The van der Waals surface area contributed by atoms with Gasteiger partial charge >= 0.3 is 0 Å². The van der Waals surface area contributed by atoms with Gasteiger partial charge in [0.2, 0.25) is 0 Å². The van der Waals surface area contributed by atoms with Crippen LogP contribution in [0.2, 0.25) is 0 Å². The SMILES string of the molecule is Cn1cncc1C1COCc2c1coc2Br. The molecule has 3 heterocycles. The van der Waals surface area contributed by atoms with Crippen LogP contribution in [0.1, 0.15) is 22.7 Å². The lowest BCUT2D eigenvalue weighted by atomic mass is 9.94. The summed E-state index contributed by atoms with van der Waals surface area (Å²) in [5.41, 5.74) is 3.45. The zero-order valence-electron chi connectivity index (χ0n) is 8.81. The van der Waals surface area contributed by atoms with Crippen LogP contribution in [-0.2, 0) is 18.4 Å². The maximum Gasteiger partial charge on any atom is 0.174 e. The molecule has 84 valence electrons. The molecular weight excluding hydrogens is 272 g/mol. The van der Waals surface area contributed by atoms with Crippen LogP contribution in [0.15, 0.2) is 27.9 Å². The van der Waals surface area contributed by atoms with Crippen molar-refractivity contribution in [3.63, 3.8) is 0 Å². The Balaban J connectivity index is 2.08. The van der Waals surface area contributed by atoms with E-state index in [1.165, 1.54) is 5.56 Å². The first-order chi connectivity index (χ1) is 7.77. The number of hydrogen-bond donors (Lipinski definition) is 0. The Kier molecular flexibility index (Phi) is 2.37. The van der Waals surface area contributed by atoms with Crippen LogP contribution in [-0.4, -0.2) is 16.2 Å². The van der Waals surface area contributed by atoms with Crippen molar-refractivity contribution in [2.75, 3.05) is 6.61 Å². The average molecular weight is 283 g/mol. The van der Waals surface area contributed by atoms with E-state index in [4.69, 9.17) is 9.15 Å². The van der Waals surface area contributed by atoms with Gasteiger partial charge in [0.25, 0.3) is 0 Å². The van der Waals surface area contributed by atoms with Crippen LogP contribution < -0.4 is 0 Å². The number of aryl methyl sites for hydroxylation is 1. The summed E-state index contributed by atoms with van der Waals surface area (Å²) in [4.78, 5) is 4.14. The maximum absolute atomic E-state index is 5.60. The lowest BCUT2D eigenvalue weighted by molar-refractivity contribution is 0.0979. The number of fused-ring (bicyclic) bond motifs is 1. The topological polar surface area (TPSA) is 40.2 Å². The molecule has 3 rings (SSSR count). The molecule has 0 saturated heterocycles. The molecule has 0 spiro atoms. The van der Waals surface area contributed by atoms with E-state index < -0.39 is 0 Å². The van der Waals surface area contributed by atoms with Crippen LogP contribution in [0.4, 0.5) is 0 Å². The summed E-state index contributed by atoms with van der Waals surface area (Å²) in [7, 11) is 1.99. The standard InChI is InChI=1S/C11H11BrN2O2/c1-14-6-13-2-10(14)8-3-15-4-9-7(8)5-16-11(9)12/h2,5-6,8H,3-4H2,1H3. The highest BCUT2D eigenvalue weighted by Crippen LogP contribution is 2.36. The van der Waals surface area contributed by atoms with Gasteiger partial charge < -0.3 is 13.7 Å². The van der Waals surface area contributed by atoms with Gasteiger partial charge in [0, 0.05) is 30.1 Å². The molecule has 2 aromatic heterocycles. The monoisotopic (exact) mass is 282 g/mol. The first kappa shape index (κ1) is 10.1. The van der Waals surface area contributed by atoms with Crippen molar-refractivity contribution in [2.24, 2.45) is 7.05 Å². The molecule has 16 heavy (non-hydrogen) atoms. The number of imidazole rings is 1. The maximum atomic E-state index is 5.60. The van der Waals surface area contributed by atoms with E-state index in [0.29, 0.717) is 13.2 Å². The van der Waals surface area contributed by atoms with Crippen LogP contribution >= 0.6 is 15.9 Å². The fourth-order valence-electron chi connectivity index (χ4n) is 2.12. The number of halogens is 1. The molecule has 0 bridgehead atoms. The molecule has 0 N–H and O–H groups in total. The van der Waals surface area contributed by atoms with Gasteiger partial charge in [0.15, 0.2) is 4.67 Å². The molecule has 1 unspecified atom stereocenters. The van der Waals surface area contributed by atoms with Crippen molar-refractivity contribution in [2.45, 2.75) is 12.5 Å². The fraction of sp³-hybridized carbons (Fsp3) is 0.364. The van der Waals surface area contributed by atoms with Gasteiger partial charge in [-0.15, -0.1) is 0 Å². The zero-order chi connectivity index (χ0) is 11.1. The normalized spacial score (nSPS) is 19.8. The third-order valence-electron chi connectivity index (χ3n) is 2.99. The summed E-state index contributed by atoms with van der Waals surface area (Å²) >= 11 is 3.39. The van der Waals surface area contributed by atoms with Crippen molar-refractivity contribution >= 4 is 15.9 Å². The Morgan fingerprint density at radius 2 is 2.44 bits per heavy atom. The largest absolute Gasteiger partial charge is 0.457 e. The minimum atomic E-state index is 0.214. The number of furan rings is 1. The zero-order valence-corrected chi connectivity index (χ0v) is 10.4. The van der Waals surface area contributed by atoms with E-state index in [1.807, 2.05) is 17.8 Å². The number of rotatable bonds is 1. The van der Waals surface area contributed by atoms with Gasteiger partial charge in [0.05, 0.1) is 31.7 Å². The van der Waals surface area contributed by atoms with Crippen molar-refractivity contribution in [3.8, 4) is 0 Å². The van der Waals surface area contributed by atoms with Crippen LogP contribution in [0.25, 0.3) is 0 Å². The molecule has 0 amide bonds. The Labute approximate surface area is 101 Å². The first-order valence-electron chi connectivity index (χ1n) is 5.07. The van der Waals surface area contributed by atoms with E-state index in [2.05, 4.69) is 20.9 Å². The summed E-state index contributed by atoms with van der Waals surface area (Å²) in [6.45, 7) is 1.29. The molecule has 0 fully saturated rings. The first-order valence-corrected chi connectivity index (χ1v) is 5.86. The highest BCUT2D eigenvalue weighted by molar-refractivity contribution is 9.10. The van der Waals surface area contributed by atoms with Crippen molar-refractivity contribution in [3.05, 3.63) is 40.3 Å². The molecule has 2 aromatic rings. The molecule has 0 radical (unpaired) electrons. The molecule has 1 aliphatic heterocycles. The Bertz CT molecular complexity index is 518. The summed E-state index contributed by atoms with van der Waals surface area (Å²) in [6.07, 6.45) is 5.49. The van der Waals surface area contributed by atoms with E-state index >= 15 is 0 Å². The third-order valence-corrected chi connectivity index (χ3v) is 3.66. The molecule has 0 aromatic carbocycles. The van der Waals surface area contributed by atoms with Gasteiger partial charge in [-0.1, -0.05) is 0 Å². The quantitative estimate of drug-likeness (QED) is 0.807. The second-order valence-corrected chi connectivity index (χ2v) is 4.66. The summed E-state index contributed by atoms with van der Waals surface area (Å²) in [5, 5.41) is 0. The highest BCUT2D eigenvalue weighted by Gasteiger charge is 2.28. The van der Waals surface area contributed by atoms with Crippen molar-refractivity contribution in [1.29, 1.82) is 0 Å². The van der Waals surface area contributed by atoms with Gasteiger partial charge in [-0.25, -0.2) is 4.98 Å². The summed E-state index contributed by atoms with van der Waals surface area (Å²) in [5.74, 6) is 0.214. The third kappa shape index (κ3) is 1.43. The Hall–Kier alpha value is -1.07. The summed E-state index contributed by atoms with van der Waals surface area (Å²) in [6, 6.07) is 0. The summed E-state index contributed by atoms with van der Waals surface area (Å²) < 4.78 is 13.8. The van der Waals surface area contributed by atoms with Gasteiger partial charge in [-0.3, -0.25) is 0 Å². The number of aromatic nitrogens is 2. The number of hydrogen-bond acceptors (Lipinski definition) is 3. The molecule has 4 nitrogen and oxygen atoms in total. The lowest BCUT2D eigenvalue weighted by Crippen LogP contribution is -2.18. The van der Waals surface area contributed by atoms with E-state index in [-0.39, 0.29) is 5.92 Å². The predicted octanol–water partition coefficient (Wildman–Crippen LogP) is 2.44. The molecular formula is C11H11BrN2O2. The number of nitrogens with zero attached hydrogens (tertiary/aromatic N) is 2. The average Bonchev–Trinajstić information content (AvgIpc) is 2.86. The molecule has 0 aliphatic carbocycles. The molecule has 1 atom stereocenters. The van der Waals surface area contributed by atoms with E-state index in [1.54, 1.807) is 12.6 Å². The molecule has 1 aliphatic rings. The second-order valence-electron chi connectivity index (χ2n) is 3.94. The van der Waals surface area contributed by atoms with Gasteiger partial charge in [-0.2, -0.15) is 0 Å². The predicted molar refractivity (Wildman–Crippen MR) is 61.1 cm³/mol. The second kappa shape index (κ2) is 3.75. The van der Waals surface area contributed by atoms with Crippen molar-refractivity contribution < 1.29 is 9.15 Å². The Morgan fingerprint density at radius 3 is 3.19 bits per heavy atom. The smallest absolute Gasteiger partial charge is 0.174 e.